The van der Waals surface area contributed by atoms with Crippen LogP contribution in [0.25, 0.3) is 16.9 Å². The zero-order chi connectivity index (χ0) is 22.7. The highest BCUT2D eigenvalue weighted by Gasteiger charge is 2.31. The Morgan fingerprint density at radius 1 is 1.06 bits per heavy atom. The predicted octanol–water partition coefficient (Wildman–Crippen LogP) is 3.98. The van der Waals surface area contributed by atoms with Crippen molar-refractivity contribution < 1.29 is 27.1 Å². The van der Waals surface area contributed by atoms with E-state index in [9.17, 15) is 22.4 Å². The Morgan fingerprint density at radius 2 is 1.78 bits per heavy atom. The number of hydrogen-bond acceptors (Lipinski definition) is 7. The van der Waals surface area contributed by atoms with Gasteiger partial charge in [0.25, 0.3) is 0 Å². The molecule has 0 aliphatic heterocycles. The van der Waals surface area contributed by atoms with Crippen LogP contribution >= 0.6 is 11.8 Å². The number of carbonyl (C=O) groups is 1. The van der Waals surface area contributed by atoms with Gasteiger partial charge >= 0.3 is 6.36 Å². The molecule has 1 amide bonds. The lowest BCUT2D eigenvalue weighted by atomic mass is 10.3. The molecular formula is C19H12F4N6O2S. The predicted molar refractivity (Wildman–Crippen MR) is 107 cm³/mol. The first-order valence-corrected chi connectivity index (χ1v) is 9.88. The Bertz CT molecular complexity index is 1250. The van der Waals surface area contributed by atoms with E-state index in [-0.39, 0.29) is 5.75 Å². The van der Waals surface area contributed by atoms with Crippen molar-refractivity contribution in [1.29, 1.82) is 0 Å². The highest BCUT2D eigenvalue weighted by molar-refractivity contribution is 8.00. The molecule has 0 aliphatic rings. The van der Waals surface area contributed by atoms with Gasteiger partial charge in [-0.05, 0) is 48.5 Å². The summed E-state index contributed by atoms with van der Waals surface area (Å²) in [7, 11) is 0. The van der Waals surface area contributed by atoms with Crippen LogP contribution in [0.1, 0.15) is 0 Å². The maximum absolute atomic E-state index is 13.2. The van der Waals surface area contributed by atoms with Crippen LogP contribution < -0.4 is 10.1 Å². The van der Waals surface area contributed by atoms with E-state index in [2.05, 4.69) is 30.3 Å². The molecule has 2 aromatic heterocycles. The SMILES string of the molecule is O=C(CSc1ncnc2c1nnn2-c1ccc(F)cc1)Nc1ccc(OC(F)(F)F)cc1. The summed E-state index contributed by atoms with van der Waals surface area (Å²) in [5.74, 6) is -1.23. The molecule has 32 heavy (non-hydrogen) atoms. The quantitative estimate of drug-likeness (QED) is 0.262. The van der Waals surface area contributed by atoms with Gasteiger partial charge in [-0.1, -0.05) is 17.0 Å². The minimum atomic E-state index is -4.79. The number of fused-ring (bicyclic) bond motifs is 1. The molecule has 0 bridgehead atoms. The van der Waals surface area contributed by atoms with Crippen LogP contribution in [0, 0.1) is 5.82 Å². The molecule has 0 spiro atoms. The summed E-state index contributed by atoms with van der Waals surface area (Å²) in [6.07, 6.45) is -3.49. The van der Waals surface area contributed by atoms with E-state index in [1.54, 1.807) is 0 Å². The summed E-state index contributed by atoms with van der Waals surface area (Å²) in [5.41, 5.74) is 1.61. The number of nitrogens with zero attached hydrogens (tertiary/aromatic N) is 5. The molecule has 4 aromatic rings. The number of ether oxygens (including phenoxy) is 1. The van der Waals surface area contributed by atoms with Gasteiger partial charge in [-0.3, -0.25) is 4.79 Å². The molecule has 1 N–H and O–H groups in total. The van der Waals surface area contributed by atoms with E-state index < -0.39 is 23.8 Å². The van der Waals surface area contributed by atoms with Crippen molar-refractivity contribution in [3.63, 3.8) is 0 Å². The van der Waals surface area contributed by atoms with Crippen LogP contribution in [-0.4, -0.2) is 43.0 Å². The Kier molecular flexibility index (Phi) is 5.90. The molecule has 13 heteroatoms. The molecule has 0 saturated heterocycles. The standard InChI is InChI=1S/C19H12F4N6O2S/c20-11-1-5-13(6-2-11)29-17-16(27-28-29)18(25-10-24-17)32-9-15(30)26-12-3-7-14(8-4-12)31-19(21,22)23/h1-8,10H,9H2,(H,26,30). The van der Waals surface area contributed by atoms with Crippen LogP contribution in [0.2, 0.25) is 0 Å². The third-order valence-electron chi connectivity index (χ3n) is 3.99. The van der Waals surface area contributed by atoms with Crippen LogP contribution in [0.15, 0.2) is 59.9 Å². The van der Waals surface area contributed by atoms with E-state index in [1.165, 1.54) is 47.4 Å². The van der Waals surface area contributed by atoms with Gasteiger partial charge in [0.05, 0.1) is 11.4 Å². The summed E-state index contributed by atoms with van der Waals surface area (Å²) in [6, 6.07) is 10.4. The fourth-order valence-electron chi connectivity index (χ4n) is 2.66. The van der Waals surface area contributed by atoms with Crippen molar-refractivity contribution in [3.8, 4) is 11.4 Å². The maximum Gasteiger partial charge on any atom is 0.573 e. The number of rotatable bonds is 6. The average molecular weight is 464 g/mol. The van der Waals surface area contributed by atoms with Crippen LogP contribution in [0.5, 0.6) is 5.75 Å². The molecule has 0 aliphatic carbocycles. The van der Waals surface area contributed by atoms with E-state index in [1.807, 2.05) is 0 Å². The van der Waals surface area contributed by atoms with Crippen molar-refractivity contribution >= 4 is 34.5 Å². The lowest BCUT2D eigenvalue weighted by Crippen LogP contribution is -2.17. The Morgan fingerprint density at radius 3 is 2.47 bits per heavy atom. The monoisotopic (exact) mass is 464 g/mol. The van der Waals surface area contributed by atoms with E-state index in [4.69, 9.17) is 0 Å². The number of amides is 1. The van der Waals surface area contributed by atoms with Gasteiger partial charge in [0, 0.05) is 5.69 Å². The second-order valence-electron chi connectivity index (χ2n) is 6.24. The van der Waals surface area contributed by atoms with Crippen molar-refractivity contribution in [3.05, 3.63) is 60.7 Å². The number of benzene rings is 2. The summed E-state index contributed by atoms with van der Waals surface area (Å²) >= 11 is 1.09. The van der Waals surface area contributed by atoms with Gasteiger partial charge in [0.2, 0.25) is 5.91 Å². The summed E-state index contributed by atoms with van der Waals surface area (Å²) in [6.45, 7) is 0. The van der Waals surface area contributed by atoms with E-state index >= 15 is 0 Å². The lowest BCUT2D eigenvalue weighted by molar-refractivity contribution is -0.274. The van der Waals surface area contributed by atoms with Gasteiger partial charge in [-0.2, -0.15) is 4.68 Å². The molecule has 0 unspecified atom stereocenters. The fraction of sp³-hybridized carbons (Fsp3) is 0.105. The molecular weight excluding hydrogens is 452 g/mol. The first kappa shape index (κ1) is 21.5. The molecule has 0 atom stereocenters. The van der Waals surface area contributed by atoms with Crippen molar-refractivity contribution in [1.82, 2.24) is 25.0 Å². The number of thioether (sulfide) groups is 1. The van der Waals surface area contributed by atoms with E-state index in [0.29, 0.717) is 27.6 Å². The molecule has 164 valence electrons. The van der Waals surface area contributed by atoms with Gasteiger partial charge in [-0.15, -0.1) is 18.3 Å². The Labute approximate surface area is 181 Å². The van der Waals surface area contributed by atoms with Crippen molar-refractivity contribution in [2.24, 2.45) is 0 Å². The number of anilines is 1. The van der Waals surface area contributed by atoms with Gasteiger partial charge in [-0.25, -0.2) is 14.4 Å². The number of nitrogens with one attached hydrogen (secondary N) is 1. The largest absolute Gasteiger partial charge is 0.573 e. The molecule has 0 radical (unpaired) electrons. The Hall–Kier alpha value is -3.74. The highest BCUT2D eigenvalue weighted by Crippen LogP contribution is 2.26. The van der Waals surface area contributed by atoms with Gasteiger partial charge in [0.1, 0.15) is 22.9 Å². The molecule has 0 saturated carbocycles. The lowest BCUT2D eigenvalue weighted by Gasteiger charge is -2.10. The minimum Gasteiger partial charge on any atom is -0.406 e. The minimum absolute atomic E-state index is 0.0453. The third-order valence-corrected chi connectivity index (χ3v) is 4.97. The number of halogens is 4. The molecule has 2 aromatic carbocycles. The Balaban J connectivity index is 1.42. The van der Waals surface area contributed by atoms with Gasteiger partial charge < -0.3 is 10.1 Å². The first-order chi connectivity index (χ1) is 15.3. The number of hydrogen-bond donors (Lipinski definition) is 1. The summed E-state index contributed by atoms with van der Waals surface area (Å²) in [4.78, 5) is 20.5. The van der Waals surface area contributed by atoms with Crippen LogP contribution in [0.3, 0.4) is 0 Å². The number of carbonyl (C=O) groups excluding carboxylic acids is 1. The zero-order valence-corrected chi connectivity index (χ0v) is 16.7. The maximum atomic E-state index is 13.2. The molecule has 0 fully saturated rings. The average Bonchev–Trinajstić information content (AvgIpc) is 3.18. The second-order valence-corrected chi connectivity index (χ2v) is 7.20. The van der Waals surface area contributed by atoms with Gasteiger partial charge in [0.15, 0.2) is 11.2 Å². The summed E-state index contributed by atoms with van der Waals surface area (Å²) in [5, 5.41) is 11.1. The first-order valence-electron chi connectivity index (χ1n) is 8.89. The molecule has 8 nitrogen and oxygen atoms in total. The number of alkyl halides is 3. The van der Waals surface area contributed by atoms with Crippen molar-refractivity contribution in [2.75, 3.05) is 11.1 Å². The second kappa shape index (κ2) is 8.78. The van der Waals surface area contributed by atoms with E-state index in [0.717, 1.165) is 23.9 Å². The highest BCUT2D eigenvalue weighted by atomic mass is 32.2. The zero-order valence-electron chi connectivity index (χ0n) is 15.9. The smallest absolute Gasteiger partial charge is 0.406 e. The summed E-state index contributed by atoms with van der Waals surface area (Å²) < 4.78 is 55.0. The van der Waals surface area contributed by atoms with Crippen LogP contribution in [0.4, 0.5) is 23.2 Å². The topological polar surface area (TPSA) is 94.8 Å². The number of aromatic nitrogens is 5. The third kappa shape index (κ3) is 5.11. The van der Waals surface area contributed by atoms with Crippen molar-refractivity contribution in [2.45, 2.75) is 11.4 Å². The van der Waals surface area contributed by atoms with Crippen LogP contribution in [-0.2, 0) is 4.79 Å². The molecule has 2 heterocycles. The normalized spacial score (nSPS) is 11.5. The fourth-order valence-corrected chi connectivity index (χ4v) is 3.39. The molecule has 4 rings (SSSR count).